The molecule has 4 nitrogen and oxygen atoms in total. The Morgan fingerprint density at radius 2 is 1.72 bits per heavy atom. The van der Waals surface area contributed by atoms with Crippen LogP contribution >= 0.6 is 0 Å². The summed E-state index contributed by atoms with van der Waals surface area (Å²) >= 11 is 0. The van der Waals surface area contributed by atoms with Crippen LogP contribution in [-0.4, -0.2) is 34.6 Å². The summed E-state index contributed by atoms with van der Waals surface area (Å²) in [4.78, 5) is 15.6. The average molecular weight is 428 g/mol. The van der Waals surface area contributed by atoms with Crippen LogP contribution in [0.3, 0.4) is 0 Å². The molecule has 0 N–H and O–H groups in total. The lowest BCUT2D eigenvalue weighted by Gasteiger charge is -2.30. The number of hydrogen-bond donors (Lipinski definition) is 0. The molecular formula is C27H26FN3O. The van der Waals surface area contributed by atoms with Crippen LogP contribution in [0.1, 0.15) is 40.3 Å². The Hall–Kier alpha value is -3.31. The van der Waals surface area contributed by atoms with Crippen molar-refractivity contribution in [1.29, 1.82) is 0 Å². The second-order valence-electron chi connectivity index (χ2n) is 8.62. The molecule has 0 aromatic heterocycles. The number of rotatable bonds is 4. The van der Waals surface area contributed by atoms with E-state index in [1.54, 1.807) is 12.1 Å². The molecule has 2 aliphatic heterocycles. The Kier molecular flexibility index (Phi) is 5.58. The molecule has 3 aromatic carbocycles. The first-order valence-corrected chi connectivity index (χ1v) is 11.1. The van der Waals surface area contributed by atoms with Crippen molar-refractivity contribution in [1.82, 2.24) is 9.91 Å². The van der Waals surface area contributed by atoms with Crippen LogP contribution < -0.4 is 0 Å². The van der Waals surface area contributed by atoms with Gasteiger partial charge in [0.15, 0.2) is 0 Å². The minimum atomic E-state index is -0.433. The molecule has 0 saturated heterocycles. The first kappa shape index (κ1) is 20.6. The fourth-order valence-electron chi connectivity index (χ4n) is 4.60. The van der Waals surface area contributed by atoms with Crippen LogP contribution in [0.2, 0.25) is 0 Å². The third-order valence-corrected chi connectivity index (χ3v) is 6.38. The maximum Gasteiger partial charge on any atom is 0.257 e. The molecule has 0 saturated carbocycles. The predicted molar refractivity (Wildman–Crippen MR) is 124 cm³/mol. The second kappa shape index (κ2) is 8.67. The molecule has 5 heteroatoms. The molecule has 0 radical (unpaired) electrons. The van der Waals surface area contributed by atoms with Gasteiger partial charge in [-0.3, -0.25) is 9.69 Å². The van der Waals surface area contributed by atoms with Gasteiger partial charge in [0.25, 0.3) is 5.91 Å². The summed E-state index contributed by atoms with van der Waals surface area (Å²) in [7, 11) is 0. The molecule has 0 spiro atoms. The monoisotopic (exact) mass is 427 g/mol. The molecule has 2 heterocycles. The third kappa shape index (κ3) is 4.08. The van der Waals surface area contributed by atoms with Crippen molar-refractivity contribution < 1.29 is 9.18 Å². The molecule has 1 atom stereocenters. The van der Waals surface area contributed by atoms with E-state index in [1.807, 2.05) is 43.3 Å². The number of carbonyl (C=O) groups excluding carboxylic acids is 1. The number of fused-ring (bicyclic) bond motifs is 1. The van der Waals surface area contributed by atoms with E-state index in [2.05, 4.69) is 23.1 Å². The van der Waals surface area contributed by atoms with Crippen LogP contribution in [0.15, 0.2) is 77.9 Å². The summed E-state index contributed by atoms with van der Waals surface area (Å²) in [5.74, 6) is -0.401. The Labute approximate surface area is 188 Å². The highest BCUT2D eigenvalue weighted by Gasteiger charge is 2.35. The minimum Gasteiger partial charge on any atom is -0.290 e. The normalized spacial score (nSPS) is 18.4. The number of hydrazone groups is 1. The van der Waals surface area contributed by atoms with Crippen molar-refractivity contribution in [3.05, 3.63) is 106 Å². The molecule has 162 valence electrons. The van der Waals surface area contributed by atoms with Gasteiger partial charge >= 0.3 is 0 Å². The van der Waals surface area contributed by atoms with E-state index in [9.17, 15) is 9.18 Å². The van der Waals surface area contributed by atoms with Crippen LogP contribution in [0.5, 0.6) is 0 Å². The zero-order valence-electron chi connectivity index (χ0n) is 18.2. The van der Waals surface area contributed by atoms with Crippen molar-refractivity contribution in [3.8, 4) is 0 Å². The standard InChI is InChI=1S/C27H26FN3O/c1-19-10-12-21(13-11-19)25-16-26(23-8-4-5-9-24(23)28)31(29-25)27(32)18-30-15-14-20-6-2-3-7-22(20)17-30/h2-13,26H,14-18H2,1H3. The van der Waals surface area contributed by atoms with E-state index in [1.165, 1.54) is 22.2 Å². The largest absolute Gasteiger partial charge is 0.290 e. The number of halogens is 1. The van der Waals surface area contributed by atoms with Crippen molar-refractivity contribution in [2.45, 2.75) is 32.4 Å². The SMILES string of the molecule is Cc1ccc(C2=NN(C(=O)CN3CCc4ccccc4C3)C(c3ccccc3F)C2)cc1. The summed E-state index contributed by atoms with van der Waals surface area (Å²) in [5, 5.41) is 6.21. The number of hydrogen-bond acceptors (Lipinski definition) is 3. The molecule has 0 bridgehead atoms. The van der Waals surface area contributed by atoms with Gasteiger partial charge in [-0.2, -0.15) is 5.10 Å². The smallest absolute Gasteiger partial charge is 0.257 e. The van der Waals surface area contributed by atoms with Gasteiger partial charge in [0.05, 0.1) is 18.3 Å². The fourth-order valence-corrected chi connectivity index (χ4v) is 4.60. The van der Waals surface area contributed by atoms with Gasteiger partial charge in [0.1, 0.15) is 5.82 Å². The summed E-state index contributed by atoms with van der Waals surface area (Å²) in [6, 6.07) is 22.7. The average Bonchev–Trinajstić information content (AvgIpc) is 3.25. The summed E-state index contributed by atoms with van der Waals surface area (Å²) in [6.07, 6.45) is 1.43. The molecule has 0 fully saturated rings. The van der Waals surface area contributed by atoms with Gasteiger partial charge in [0.2, 0.25) is 0 Å². The van der Waals surface area contributed by atoms with E-state index in [4.69, 9.17) is 5.10 Å². The molecule has 1 amide bonds. The zero-order valence-corrected chi connectivity index (χ0v) is 18.2. The number of aryl methyl sites for hydroxylation is 1. The quantitative estimate of drug-likeness (QED) is 0.596. The van der Waals surface area contributed by atoms with Crippen LogP contribution in [0, 0.1) is 12.7 Å². The Balaban J connectivity index is 1.41. The van der Waals surface area contributed by atoms with Gasteiger partial charge in [-0.05, 0) is 36.1 Å². The van der Waals surface area contributed by atoms with Gasteiger partial charge < -0.3 is 0 Å². The Morgan fingerprint density at radius 3 is 2.50 bits per heavy atom. The van der Waals surface area contributed by atoms with Gasteiger partial charge in [0, 0.05) is 25.1 Å². The Bertz CT molecular complexity index is 1170. The fraction of sp³-hybridized carbons (Fsp3) is 0.259. The van der Waals surface area contributed by atoms with Crippen LogP contribution in [-0.2, 0) is 17.8 Å². The lowest BCUT2D eigenvalue weighted by Crippen LogP contribution is -2.40. The van der Waals surface area contributed by atoms with Gasteiger partial charge in [-0.1, -0.05) is 72.3 Å². The lowest BCUT2D eigenvalue weighted by molar-refractivity contribution is -0.134. The molecule has 1 unspecified atom stereocenters. The van der Waals surface area contributed by atoms with Crippen LogP contribution in [0.4, 0.5) is 4.39 Å². The molecule has 2 aliphatic rings. The first-order chi connectivity index (χ1) is 15.6. The third-order valence-electron chi connectivity index (χ3n) is 6.38. The van der Waals surface area contributed by atoms with Crippen molar-refractivity contribution in [2.75, 3.05) is 13.1 Å². The van der Waals surface area contributed by atoms with E-state index in [0.29, 0.717) is 12.0 Å². The van der Waals surface area contributed by atoms with E-state index >= 15 is 0 Å². The number of nitrogens with zero attached hydrogens (tertiary/aromatic N) is 3. The van der Waals surface area contributed by atoms with Gasteiger partial charge in [-0.15, -0.1) is 0 Å². The van der Waals surface area contributed by atoms with Gasteiger partial charge in [-0.25, -0.2) is 9.40 Å². The first-order valence-electron chi connectivity index (χ1n) is 11.1. The Morgan fingerprint density at radius 1 is 1.00 bits per heavy atom. The predicted octanol–water partition coefficient (Wildman–Crippen LogP) is 4.87. The molecule has 32 heavy (non-hydrogen) atoms. The minimum absolute atomic E-state index is 0.0975. The number of benzene rings is 3. The van der Waals surface area contributed by atoms with E-state index in [-0.39, 0.29) is 18.3 Å². The molecule has 0 aliphatic carbocycles. The van der Waals surface area contributed by atoms with Crippen molar-refractivity contribution in [2.24, 2.45) is 5.10 Å². The molecular weight excluding hydrogens is 401 g/mol. The van der Waals surface area contributed by atoms with E-state index < -0.39 is 6.04 Å². The van der Waals surface area contributed by atoms with Crippen molar-refractivity contribution >= 4 is 11.6 Å². The summed E-state index contributed by atoms with van der Waals surface area (Å²) < 4.78 is 14.7. The molecule has 5 rings (SSSR count). The van der Waals surface area contributed by atoms with E-state index in [0.717, 1.165) is 36.3 Å². The van der Waals surface area contributed by atoms with Crippen molar-refractivity contribution in [3.63, 3.8) is 0 Å². The van der Waals surface area contributed by atoms with Crippen LogP contribution in [0.25, 0.3) is 0 Å². The second-order valence-corrected chi connectivity index (χ2v) is 8.62. The summed E-state index contributed by atoms with van der Waals surface area (Å²) in [5.41, 5.74) is 6.07. The number of amides is 1. The lowest BCUT2D eigenvalue weighted by atomic mass is 9.97. The highest BCUT2D eigenvalue weighted by atomic mass is 19.1. The summed E-state index contributed by atoms with van der Waals surface area (Å²) in [6.45, 7) is 3.88. The number of carbonyl (C=O) groups is 1. The topological polar surface area (TPSA) is 35.9 Å². The highest BCUT2D eigenvalue weighted by molar-refractivity contribution is 6.03. The maximum atomic E-state index is 14.7. The maximum absolute atomic E-state index is 14.7. The highest BCUT2D eigenvalue weighted by Crippen LogP contribution is 2.34. The zero-order chi connectivity index (χ0) is 22.1. The molecule has 3 aromatic rings.